The predicted molar refractivity (Wildman–Crippen MR) is 107 cm³/mol. The van der Waals surface area contributed by atoms with Crippen LogP contribution in [0, 0.1) is 12.7 Å². The second kappa shape index (κ2) is 8.37. The Labute approximate surface area is 166 Å². The minimum atomic E-state index is -0.840. The summed E-state index contributed by atoms with van der Waals surface area (Å²) >= 11 is 4.83. The van der Waals surface area contributed by atoms with Gasteiger partial charge >= 0.3 is 0 Å². The first-order chi connectivity index (χ1) is 13.4. The quantitative estimate of drug-likeness (QED) is 0.526. The molecule has 146 valence electrons. The number of aliphatic hydroxyl groups excluding tert-OH is 1. The number of ether oxygens (including phenoxy) is 1. The highest BCUT2D eigenvalue weighted by atomic mass is 32.1. The Morgan fingerprint density at radius 3 is 2.79 bits per heavy atom. The summed E-state index contributed by atoms with van der Waals surface area (Å²) in [6.07, 6.45) is 0. The molecule has 4 N–H and O–H groups in total. The number of hydrogen-bond acceptors (Lipinski definition) is 5. The molecule has 3 rings (SSSR count). The van der Waals surface area contributed by atoms with Gasteiger partial charge < -0.3 is 25.3 Å². The van der Waals surface area contributed by atoms with Crippen molar-refractivity contribution in [3.63, 3.8) is 0 Å². The maximum absolute atomic E-state index is 13.7. The van der Waals surface area contributed by atoms with Gasteiger partial charge in [0.2, 0.25) is 0 Å². The van der Waals surface area contributed by atoms with E-state index in [1.165, 1.54) is 6.07 Å². The van der Waals surface area contributed by atoms with Crippen molar-refractivity contribution in [1.82, 2.24) is 5.32 Å². The van der Waals surface area contributed by atoms with Gasteiger partial charge in [0.05, 0.1) is 17.2 Å². The summed E-state index contributed by atoms with van der Waals surface area (Å²) in [7, 11) is 0. The molecule has 0 saturated heterocycles. The first-order valence-electron chi connectivity index (χ1n) is 8.51. The largest absolute Gasteiger partial charge is 0.489 e. The number of halogens is 1. The molecule has 28 heavy (non-hydrogen) atoms. The van der Waals surface area contributed by atoms with E-state index in [2.05, 4.69) is 5.32 Å². The number of thiocarbonyl (C=S) groups is 1. The van der Waals surface area contributed by atoms with Crippen LogP contribution in [0.4, 0.5) is 4.39 Å². The number of fused-ring (bicyclic) bond motifs is 1. The lowest BCUT2D eigenvalue weighted by molar-refractivity contribution is 0.0933. The van der Waals surface area contributed by atoms with E-state index in [0.29, 0.717) is 33.6 Å². The van der Waals surface area contributed by atoms with Crippen LogP contribution in [0.2, 0.25) is 0 Å². The molecule has 0 aliphatic carbocycles. The summed E-state index contributed by atoms with van der Waals surface area (Å²) in [5.74, 6) is 0.0296. The highest BCUT2D eigenvalue weighted by Gasteiger charge is 2.22. The summed E-state index contributed by atoms with van der Waals surface area (Å²) in [5.41, 5.74) is 6.73. The molecule has 1 amide bonds. The number of hydrogen-bond donors (Lipinski definition) is 3. The molecule has 0 radical (unpaired) electrons. The zero-order valence-corrected chi connectivity index (χ0v) is 15.9. The second-order valence-corrected chi connectivity index (χ2v) is 6.65. The smallest absolute Gasteiger partial charge is 0.256 e. The zero-order valence-electron chi connectivity index (χ0n) is 15.1. The molecule has 0 spiro atoms. The minimum absolute atomic E-state index is 0.0183. The van der Waals surface area contributed by atoms with Crippen LogP contribution in [0.15, 0.2) is 46.9 Å². The van der Waals surface area contributed by atoms with Crippen LogP contribution in [-0.2, 0) is 6.61 Å². The molecular formula is C20H19FN2O4S. The highest BCUT2D eigenvalue weighted by molar-refractivity contribution is 7.80. The van der Waals surface area contributed by atoms with Crippen LogP contribution in [0.3, 0.4) is 0 Å². The van der Waals surface area contributed by atoms with Gasteiger partial charge in [0.1, 0.15) is 35.6 Å². The van der Waals surface area contributed by atoms with E-state index >= 15 is 0 Å². The number of aryl methyl sites for hydroxylation is 1. The first kappa shape index (κ1) is 19.8. The van der Waals surface area contributed by atoms with Crippen LogP contribution in [-0.4, -0.2) is 28.7 Å². The minimum Gasteiger partial charge on any atom is -0.489 e. The molecule has 0 saturated carbocycles. The standard InChI is InChI=1S/C20H19FN2O4S/c1-11-18(20(25)23-16(9-24)19(22)28)14-8-13(6-7-17(14)27-11)26-10-12-4-2-3-5-15(12)21/h2-8,16,24H,9-10H2,1H3,(H2,22,28)(H,23,25)/t16-/m0/s1. The SMILES string of the molecule is Cc1oc2ccc(OCc3ccccc3F)cc2c1C(=O)N[C@@H](CO)C(N)=S. The molecule has 0 bridgehead atoms. The fraction of sp³-hybridized carbons (Fsp3) is 0.200. The molecule has 1 aromatic heterocycles. The summed E-state index contributed by atoms with van der Waals surface area (Å²) in [6, 6.07) is 10.5. The van der Waals surface area contributed by atoms with Crippen LogP contribution in [0.1, 0.15) is 21.7 Å². The van der Waals surface area contributed by atoms with Gasteiger partial charge in [0.15, 0.2) is 0 Å². The van der Waals surface area contributed by atoms with Gasteiger partial charge in [-0.2, -0.15) is 0 Å². The van der Waals surface area contributed by atoms with Crippen molar-refractivity contribution >= 4 is 34.1 Å². The van der Waals surface area contributed by atoms with Crippen molar-refractivity contribution in [1.29, 1.82) is 0 Å². The van der Waals surface area contributed by atoms with Crippen molar-refractivity contribution in [3.05, 3.63) is 65.2 Å². The lowest BCUT2D eigenvalue weighted by atomic mass is 10.1. The lowest BCUT2D eigenvalue weighted by Crippen LogP contribution is -2.46. The highest BCUT2D eigenvalue weighted by Crippen LogP contribution is 2.29. The Bertz CT molecular complexity index is 1030. The molecule has 3 aromatic rings. The fourth-order valence-corrected chi connectivity index (χ4v) is 2.92. The average Bonchev–Trinajstić information content (AvgIpc) is 3.00. The van der Waals surface area contributed by atoms with Gasteiger partial charge in [0, 0.05) is 10.9 Å². The molecule has 6 nitrogen and oxygen atoms in total. The third kappa shape index (κ3) is 4.13. The van der Waals surface area contributed by atoms with Crippen LogP contribution in [0.25, 0.3) is 11.0 Å². The van der Waals surface area contributed by atoms with Gasteiger partial charge in [0.25, 0.3) is 5.91 Å². The molecule has 0 fully saturated rings. The normalized spacial score (nSPS) is 12.0. The topological polar surface area (TPSA) is 97.7 Å². The average molecular weight is 402 g/mol. The molecule has 0 aliphatic heterocycles. The van der Waals surface area contributed by atoms with Crippen molar-refractivity contribution in [2.75, 3.05) is 6.61 Å². The monoisotopic (exact) mass is 402 g/mol. The first-order valence-corrected chi connectivity index (χ1v) is 8.92. The molecular weight excluding hydrogens is 383 g/mol. The molecule has 1 atom stereocenters. The van der Waals surface area contributed by atoms with Gasteiger partial charge in [-0.25, -0.2) is 4.39 Å². The number of rotatable bonds is 7. The second-order valence-electron chi connectivity index (χ2n) is 6.18. The van der Waals surface area contributed by atoms with Crippen molar-refractivity contribution < 1.29 is 23.4 Å². The Hall–Kier alpha value is -2.97. The maximum Gasteiger partial charge on any atom is 0.256 e. The predicted octanol–water partition coefficient (Wildman–Crippen LogP) is 2.84. The summed E-state index contributed by atoms with van der Waals surface area (Å²) in [5, 5.41) is 12.4. The van der Waals surface area contributed by atoms with Gasteiger partial charge in [-0.05, 0) is 31.2 Å². The summed E-state index contributed by atoms with van der Waals surface area (Å²) in [4.78, 5) is 12.6. The molecule has 1 heterocycles. The van der Waals surface area contributed by atoms with E-state index in [-0.39, 0.29) is 17.4 Å². The Morgan fingerprint density at radius 2 is 2.11 bits per heavy atom. The van der Waals surface area contributed by atoms with E-state index in [4.69, 9.17) is 27.1 Å². The molecule has 0 unspecified atom stereocenters. The third-order valence-electron chi connectivity index (χ3n) is 4.25. The zero-order chi connectivity index (χ0) is 20.3. The van der Waals surface area contributed by atoms with Crippen LogP contribution in [0.5, 0.6) is 5.75 Å². The Morgan fingerprint density at radius 1 is 1.36 bits per heavy atom. The lowest BCUT2D eigenvalue weighted by Gasteiger charge is -2.14. The molecule has 2 aromatic carbocycles. The van der Waals surface area contributed by atoms with E-state index in [1.54, 1.807) is 43.3 Å². The van der Waals surface area contributed by atoms with Crippen molar-refractivity contribution in [2.24, 2.45) is 5.73 Å². The number of amides is 1. The van der Waals surface area contributed by atoms with Gasteiger partial charge in [-0.3, -0.25) is 4.79 Å². The van der Waals surface area contributed by atoms with E-state index in [1.807, 2.05) is 0 Å². The number of carbonyl (C=O) groups excluding carboxylic acids is 1. The summed E-state index contributed by atoms with van der Waals surface area (Å²) < 4.78 is 25.1. The number of furan rings is 1. The Kier molecular flexibility index (Phi) is 5.91. The molecule has 0 aliphatic rings. The summed E-state index contributed by atoms with van der Waals surface area (Å²) in [6.45, 7) is 1.29. The van der Waals surface area contributed by atoms with Crippen molar-refractivity contribution in [3.8, 4) is 5.75 Å². The number of benzene rings is 2. The van der Waals surface area contributed by atoms with E-state index in [0.717, 1.165) is 0 Å². The van der Waals surface area contributed by atoms with Crippen LogP contribution >= 0.6 is 12.2 Å². The number of nitrogens with one attached hydrogen (secondary N) is 1. The fourth-order valence-electron chi connectivity index (χ4n) is 2.78. The third-order valence-corrected chi connectivity index (χ3v) is 4.53. The van der Waals surface area contributed by atoms with Gasteiger partial charge in [-0.15, -0.1) is 0 Å². The number of aliphatic hydroxyl groups is 1. The number of nitrogens with two attached hydrogens (primary N) is 1. The van der Waals surface area contributed by atoms with Gasteiger partial charge in [-0.1, -0.05) is 30.4 Å². The van der Waals surface area contributed by atoms with E-state index < -0.39 is 18.6 Å². The Balaban J connectivity index is 1.86. The maximum atomic E-state index is 13.7. The van der Waals surface area contributed by atoms with E-state index in [9.17, 15) is 14.3 Å². The number of carbonyl (C=O) groups is 1. The van der Waals surface area contributed by atoms with Crippen LogP contribution < -0.4 is 15.8 Å². The molecule has 8 heteroatoms. The van der Waals surface area contributed by atoms with Crippen molar-refractivity contribution in [2.45, 2.75) is 19.6 Å².